The zero-order valence-corrected chi connectivity index (χ0v) is 15.1. The molecule has 7 heteroatoms. The molecule has 1 aliphatic rings. The fraction of sp³-hybridized carbons (Fsp3) is 0.706. The van der Waals surface area contributed by atoms with Crippen LogP contribution in [0.1, 0.15) is 32.7 Å². The summed E-state index contributed by atoms with van der Waals surface area (Å²) in [6.45, 7) is 6.42. The van der Waals surface area contributed by atoms with Crippen molar-refractivity contribution in [1.29, 1.82) is 0 Å². The van der Waals surface area contributed by atoms with Gasteiger partial charge in [0.1, 0.15) is 0 Å². The van der Waals surface area contributed by atoms with Crippen molar-refractivity contribution in [3.8, 4) is 0 Å². The first-order chi connectivity index (χ1) is 11.4. The van der Waals surface area contributed by atoms with Crippen molar-refractivity contribution in [3.05, 3.63) is 22.6 Å². The van der Waals surface area contributed by atoms with Crippen LogP contribution in [0.3, 0.4) is 0 Å². The smallest absolute Gasteiger partial charge is 0.269 e. The third-order valence-corrected chi connectivity index (χ3v) is 4.43. The molecule has 2 rings (SSSR count). The van der Waals surface area contributed by atoms with Gasteiger partial charge in [0.05, 0.1) is 24.5 Å². The van der Waals surface area contributed by atoms with Gasteiger partial charge in [-0.15, -0.1) is 0 Å². The number of likely N-dealkylation sites (N-methyl/N-ethyl adjacent to an activating group) is 1. The first-order valence-electron chi connectivity index (χ1n) is 8.51. The van der Waals surface area contributed by atoms with Gasteiger partial charge in [-0.3, -0.25) is 9.59 Å². The van der Waals surface area contributed by atoms with Crippen LogP contribution in [-0.4, -0.2) is 61.0 Å². The molecule has 134 valence electrons. The minimum atomic E-state index is -0.124. The monoisotopic (exact) mass is 336 g/mol. The summed E-state index contributed by atoms with van der Waals surface area (Å²) in [6, 6.07) is 1.55. The molecule has 1 aromatic heterocycles. The van der Waals surface area contributed by atoms with E-state index in [-0.39, 0.29) is 23.4 Å². The summed E-state index contributed by atoms with van der Waals surface area (Å²) in [6.07, 6.45) is 3.47. The Bertz CT molecular complexity index is 614. The Balaban J connectivity index is 2.11. The van der Waals surface area contributed by atoms with E-state index in [1.54, 1.807) is 19.4 Å². The number of piperidine rings is 1. The molecule has 1 aliphatic heterocycles. The van der Waals surface area contributed by atoms with Gasteiger partial charge in [-0.1, -0.05) is 13.8 Å². The van der Waals surface area contributed by atoms with E-state index in [4.69, 9.17) is 4.74 Å². The number of anilines is 1. The molecular formula is C17H28N4O3. The van der Waals surface area contributed by atoms with Crippen molar-refractivity contribution in [3.63, 3.8) is 0 Å². The highest BCUT2D eigenvalue weighted by atomic mass is 16.5. The zero-order valence-electron chi connectivity index (χ0n) is 15.1. The third-order valence-electron chi connectivity index (χ3n) is 4.43. The number of nitrogens with zero attached hydrogens (tertiary/aromatic N) is 4. The maximum atomic E-state index is 12.5. The molecule has 0 aliphatic carbocycles. The summed E-state index contributed by atoms with van der Waals surface area (Å²) < 4.78 is 6.57. The highest BCUT2D eigenvalue weighted by Gasteiger charge is 2.27. The van der Waals surface area contributed by atoms with E-state index in [2.05, 4.69) is 5.10 Å². The maximum absolute atomic E-state index is 12.5. The van der Waals surface area contributed by atoms with Gasteiger partial charge in [0.25, 0.3) is 5.56 Å². The summed E-state index contributed by atoms with van der Waals surface area (Å²) in [5.41, 5.74) is 0.653. The quantitative estimate of drug-likeness (QED) is 0.779. The van der Waals surface area contributed by atoms with E-state index >= 15 is 0 Å². The van der Waals surface area contributed by atoms with Crippen molar-refractivity contribution in [2.75, 3.05) is 45.3 Å². The standard InChI is InChI=1S/C17H28N4O3/c1-13(2)17(23)20-7-5-6-14(12-20)21-16(22)10-15(11-18-21)19(3)8-9-24-4/h10-11,13-14H,5-9,12H2,1-4H3/t14-/m1/s1. The number of amides is 1. The van der Waals surface area contributed by atoms with E-state index in [0.717, 1.165) is 25.1 Å². The van der Waals surface area contributed by atoms with Crippen molar-refractivity contribution >= 4 is 11.6 Å². The molecule has 1 amide bonds. The number of rotatable bonds is 6. The Kier molecular flexibility index (Phi) is 6.36. The summed E-state index contributed by atoms with van der Waals surface area (Å²) in [5.74, 6) is 0.119. The molecule has 1 saturated heterocycles. The topological polar surface area (TPSA) is 67.7 Å². The number of hydrogen-bond donors (Lipinski definition) is 0. The van der Waals surface area contributed by atoms with Gasteiger partial charge in [0, 0.05) is 45.8 Å². The largest absolute Gasteiger partial charge is 0.383 e. The molecule has 1 aromatic rings. The van der Waals surface area contributed by atoms with Gasteiger partial charge >= 0.3 is 0 Å². The van der Waals surface area contributed by atoms with Crippen LogP contribution in [0, 0.1) is 5.92 Å². The molecule has 0 aromatic carbocycles. The molecule has 24 heavy (non-hydrogen) atoms. The van der Waals surface area contributed by atoms with Crippen molar-refractivity contribution in [2.24, 2.45) is 5.92 Å². The van der Waals surface area contributed by atoms with Crippen molar-refractivity contribution < 1.29 is 9.53 Å². The molecule has 2 heterocycles. The summed E-state index contributed by atoms with van der Waals surface area (Å²) in [4.78, 5) is 28.5. The molecule has 1 fully saturated rings. The van der Waals surface area contributed by atoms with Crippen LogP contribution in [-0.2, 0) is 9.53 Å². The lowest BCUT2D eigenvalue weighted by Crippen LogP contribution is -2.45. The second-order valence-corrected chi connectivity index (χ2v) is 6.65. The van der Waals surface area contributed by atoms with Crippen molar-refractivity contribution in [1.82, 2.24) is 14.7 Å². The van der Waals surface area contributed by atoms with Gasteiger partial charge in [-0.05, 0) is 12.8 Å². The maximum Gasteiger partial charge on any atom is 0.269 e. The molecule has 0 saturated carbocycles. The van der Waals surface area contributed by atoms with E-state index in [0.29, 0.717) is 19.7 Å². The molecule has 0 spiro atoms. The van der Waals surface area contributed by atoms with Gasteiger partial charge in [-0.25, -0.2) is 4.68 Å². The van der Waals surface area contributed by atoms with E-state index in [1.165, 1.54) is 4.68 Å². The van der Waals surface area contributed by atoms with Crippen LogP contribution in [0.5, 0.6) is 0 Å². The average molecular weight is 336 g/mol. The fourth-order valence-corrected chi connectivity index (χ4v) is 2.97. The zero-order chi connectivity index (χ0) is 17.7. The van der Waals surface area contributed by atoms with Crippen LogP contribution < -0.4 is 10.5 Å². The number of hydrogen-bond acceptors (Lipinski definition) is 5. The lowest BCUT2D eigenvalue weighted by molar-refractivity contribution is -0.136. The van der Waals surface area contributed by atoms with Crippen LogP contribution in [0.4, 0.5) is 5.69 Å². The van der Waals surface area contributed by atoms with Crippen LogP contribution in [0.2, 0.25) is 0 Å². The number of carbonyl (C=O) groups excluding carboxylic acids is 1. The van der Waals surface area contributed by atoms with Gasteiger partial charge in [-0.2, -0.15) is 5.10 Å². The van der Waals surface area contributed by atoms with Gasteiger partial charge in [0.2, 0.25) is 5.91 Å². The Morgan fingerprint density at radius 3 is 2.88 bits per heavy atom. The minimum absolute atomic E-state index is 0.0229. The fourth-order valence-electron chi connectivity index (χ4n) is 2.97. The lowest BCUT2D eigenvalue weighted by Gasteiger charge is -2.34. The van der Waals surface area contributed by atoms with E-state index in [1.807, 2.05) is 30.7 Å². The first kappa shape index (κ1) is 18.4. The Morgan fingerprint density at radius 2 is 2.25 bits per heavy atom. The molecule has 0 bridgehead atoms. The minimum Gasteiger partial charge on any atom is -0.383 e. The van der Waals surface area contributed by atoms with Crippen LogP contribution in [0.15, 0.2) is 17.1 Å². The molecule has 0 N–H and O–H groups in total. The predicted octanol–water partition coefficient (Wildman–Crippen LogP) is 1.15. The second kappa shape index (κ2) is 8.28. The van der Waals surface area contributed by atoms with Gasteiger partial charge in [0.15, 0.2) is 0 Å². The molecule has 0 radical (unpaired) electrons. The number of carbonyl (C=O) groups is 1. The lowest BCUT2D eigenvalue weighted by atomic mass is 10.0. The number of aromatic nitrogens is 2. The Labute approximate surface area is 143 Å². The number of ether oxygens (including phenoxy) is 1. The number of likely N-dealkylation sites (tertiary alicyclic amines) is 1. The van der Waals surface area contributed by atoms with Gasteiger partial charge < -0.3 is 14.5 Å². The highest BCUT2D eigenvalue weighted by molar-refractivity contribution is 5.78. The van der Waals surface area contributed by atoms with E-state index in [9.17, 15) is 9.59 Å². The highest BCUT2D eigenvalue weighted by Crippen LogP contribution is 2.21. The molecule has 0 unspecified atom stereocenters. The second-order valence-electron chi connectivity index (χ2n) is 6.65. The van der Waals surface area contributed by atoms with Crippen molar-refractivity contribution in [2.45, 2.75) is 32.7 Å². The molecular weight excluding hydrogens is 308 g/mol. The number of methoxy groups -OCH3 is 1. The SMILES string of the molecule is COCCN(C)c1cnn([C@@H]2CCCN(C(=O)C(C)C)C2)c(=O)c1. The Morgan fingerprint density at radius 1 is 1.50 bits per heavy atom. The first-order valence-corrected chi connectivity index (χ1v) is 8.51. The summed E-state index contributed by atoms with van der Waals surface area (Å²) in [7, 11) is 3.56. The Hall–Kier alpha value is -1.89. The normalized spacial score (nSPS) is 18.0. The average Bonchev–Trinajstić information content (AvgIpc) is 2.58. The van der Waals surface area contributed by atoms with Crippen LogP contribution in [0.25, 0.3) is 0 Å². The molecule has 1 atom stereocenters. The van der Waals surface area contributed by atoms with E-state index < -0.39 is 0 Å². The summed E-state index contributed by atoms with van der Waals surface area (Å²) >= 11 is 0. The summed E-state index contributed by atoms with van der Waals surface area (Å²) in [5, 5.41) is 4.35. The van der Waals surface area contributed by atoms with Crippen LogP contribution >= 0.6 is 0 Å². The predicted molar refractivity (Wildman–Crippen MR) is 93.3 cm³/mol. The third kappa shape index (κ3) is 4.35. The molecule has 7 nitrogen and oxygen atoms in total.